The summed E-state index contributed by atoms with van der Waals surface area (Å²) in [6.45, 7) is 0. The van der Waals surface area contributed by atoms with Crippen LogP contribution in [0.25, 0.3) is 11.3 Å². The van der Waals surface area contributed by atoms with E-state index in [4.69, 9.17) is 11.6 Å². The van der Waals surface area contributed by atoms with Crippen molar-refractivity contribution in [1.82, 2.24) is 10.2 Å². The smallest absolute Gasteiger partial charge is 0.341 e. The third-order valence-electron chi connectivity index (χ3n) is 3.13. The molecule has 0 aliphatic rings. The number of H-pyrrole nitrogens is 1. The highest BCUT2D eigenvalue weighted by Gasteiger charge is 2.21. The fraction of sp³-hybridized carbons (Fsp3) is 0. The molecule has 22 heavy (non-hydrogen) atoms. The van der Waals surface area contributed by atoms with E-state index in [1.165, 1.54) is 0 Å². The van der Waals surface area contributed by atoms with E-state index in [2.05, 4.69) is 15.5 Å². The number of nitrogens with zero attached hydrogens (tertiary/aromatic N) is 1. The lowest BCUT2D eigenvalue weighted by atomic mass is 10.1. The van der Waals surface area contributed by atoms with Crippen LogP contribution in [0.15, 0.2) is 54.6 Å². The molecule has 0 aliphatic carbocycles. The van der Waals surface area contributed by atoms with Crippen molar-refractivity contribution in [3.05, 3.63) is 65.2 Å². The molecule has 0 bridgehead atoms. The van der Waals surface area contributed by atoms with Gasteiger partial charge in [0.2, 0.25) is 0 Å². The van der Waals surface area contributed by atoms with Gasteiger partial charge in [-0.3, -0.25) is 5.10 Å². The lowest BCUT2D eigenvalue weighted by Crippen LogP contribution is -2.02. The molecule has 1 aromatic heterocycles. The second-order valence-corrected chi connectivity index (χ2v) is 5.07. The highest BCUT2D eigenvalue weighted by molar-refractivity contribution is 6.30. The Morgan fingerprint density at radius 2 is 1.91 bits per heavy atom. The van der Waals surface area contributed by atoms with Gasteiger partial charge in [-0.1, -0.05) is 48.0 Å². The summed E-state index contributed by atoms with van der Waals surface area (Å²) in [5.41, 5.74) is 1.97. The minimum atomic E-state index is -1.06. The zero-order chi connectivity index (χ0) is 15.5. The molecule has 0 amide bonds. The van der Waals surface area contributed by atoms with E-state index in [0.29, 0.717) is 16.4 Å². The number of benzene rings is 2. The van der Waals surface area contributed by atoms with E-state index in [1.807, 2.05) is 30.3 Å². The van der Waals surface area contributed by atoms with Crippen LogP contribution in [-0.2, 0) is 0 Å². The van der Waals surface area contributed by atoms with Gasteiger partial charge in [-0.2, -0.15) is 5.10 Å². The Kier molecular flexibility index (Phi) is 3.80. The molecular weight excluding hydrogens is 302 g/mol. The summed E-state index contributed by atoms with van der Waals surface area (Å²) >= 11 is 5.93. The van der Waals surface area contributed by atoms with Gasteiger partial charge in [0.1, 0.15) is 5.56 Å². The molecule has 3 N–H and O–H groups in total. The van der Waals surface area contributed by atoms with Crippen LogP contribution >= 0.6 is 11.6 Å². The van der Waals surface area contributed by atoms with Gasteiger partial charge in [0.05, 0.1) is 5.69 Å². The number of aromatic amines is 1. The van der Waals surface area contributed by atoms with E-state index in [1.54, 1.807) is 24.3 Å². The molecule has 0 unspecified atom stereocenters. The van der Waals surface area contributed by atoms with Crippen LogP contribution in [-0.4, -0.2) is 21.3 Å². The van der Waals surface area contributed by atoms with Crippen molar-refractivity contribution in [2.45, 2.75) is 0 Å². The number of nitrogens with one attached hydrogen (secondary N) is 2. The number of carboxylic acids is 1. The Labute approximate surface area is 131 Å². The van der Waals surface area contributed by atoms with Gasteiger partial charge >= 0.3 is 5.97 Å². The summed E-state index contributed by atoms with van der Waals surface area (Å²) in [4.78, 5) is 11.6. The molecule has 0 saturated carbocycles. The normalized spacial score (nSPS) is 10.4. The number of carboxylic acid groups (broad SMARTS) is 1. The number of hydrogen-bond donors (Lipinski definition) is 3. The first-order valence-electron chi connectivity index (χ1n) is 6.55. The van der Waals surface area contributed by atoms with E-state index in [9.17, 15) is 9.90 Å². The van der Waals surface area contributed by atoms with Crippen LogP contribution in [0.1, 0.15) is 10.4 Å². The zero-order valence-electron chi connectivity index (χ0n) is 11.4. The molecule has 110 valence electrons. The maximum Gasteiger partial charge on any atom is 0.341 e. The van der Waals surface area contributed by atoms with Gasteiger partial charge in [-0.15, -0.1) is 0 Å². The molecule has 1 heterocycles. The second kappa shape index (κ2) is 5.91. The third kappa shape index (κ3) is 2.80. The maximum atomic E-state index is 11.6. The van der Waals surface area contributed by atoms with Crippen molar-refractivity contribution >= 4 is 29.1 Å². The van der Waals surface area contributed by atoms with Crippen molar-refractivity contribution in [3.63, 3.8) is 0 Å². The summed E-state index contributed by atoms with van der Waals surface area (Å²) in [5, 5.41) is 19.9. The fourth-order valence-electron chi connectivity index (χ4n) is 2.16. The molecule has 0 aliphatic heterocycles. The number of carbonyl (C=O) groups is 1. The predicted octanol–water partition coefficient (Wildman–Crippen LogP) is 4.17. The molecule has 0 radical (unpaired) electrons. The first kappa shape index (κ1) is 14.2. The van der Waals surface area contributed by atoms with Gasteiger partial charge in [0.15, 0.2) is 5.82 Å². The van der Waals surface area contributed by atoms with Gasteiger partial charge in [0, 0.05) is 16.3 Å². The largest absolute Gasteiger partial charge is 0.477 e. The summed E-state index contributed by atoms with van der Waals surface area (Å²) in [7, 11) is 0. The fourth-order valence-corrected chi connectivity index (χ4v) is 2.35. The molecule has 5 nitrogen and oxygen atoms in total. The van der Waals surface area contributed by atoms with Crippen LogP contribution in [0.2, 0.25) is 5.02 Å². The minimum absolute atomic E-state index is 0.0891. The minimum Gasteiger partial charge on any atom is -0.477 e. The second-order valence-electron chi connectivity index (χ2n) is 4.63. The number of rotatable bonds is 4. The number of anilines is 2. The molecule has 3 aromatic rings. The van der Waals surface area contributed by atoms with Crippen LogP contribution in [0, 0.1) is 0 Å². The van der Waals surface area contributed by atoms with Crippen LogP contribution in [0.4, 0.5) is 11.5 Å². The maximum absolute atomic E-state index is 11.6. The van der Waals surface area contributed by atoms with Crippen molar-refractivity contribution in [1.29, 1.82) is 0 Å². The number of aromatic carboxylic acids is 1. The van der Waals surface area contributed by atoms with Crippen molar-refractivity contribution < 1.29 is 9.90 Å². The van der Waals surface area contributed by atoms with Gasteiger partial charge < -0.3 is 10.4 Å². The summed E-state index contributed by atoms with van der Waals surface area (Å²) < 4.78 is 0. The average Bonchev–Trinajstić information content (AvgIpc) is 2.92. The topological polar surface area (TPSA) is 78.0 Å². The molecular formula is C16H12ClN3O2. The van der Waals surface area contributed by atoms with Crippen LogP contribution in [0.3, 0.4) is 0 Å². The third-order valence-corrected chi connectivity index (χ3v) is 3.37. The number of hydrogen-bond acceptors (Lipinski definition) is 3. The van der Waals surface area contributed by atoms with Crippen molar-refractivity contribution in [2.75, 3.05) is 5.32 Å². The Hall–Kier alpha value is -2.79. The van der Waals surface area contributed by atoms with E-state index < -0.39 is 5.97 Å². The Morgan fingerprint density at radius 3 is 2.59 bits per heavy atom. The standard InChI is InChI=1S/C16H12ClN3O2/c17-11-7-4-8-12(9-11)18-15-13(16(21)22)14(19-20-15)10-5-2-1-3-6-10/h1-9H,(H,21,22)(H2,18,19,20). The molecule has 0 saturated heterocycles. The van der Waals surface area contributed by atoms with Gasteiger partial charge in [-0.05, 0) is 18.2 Å². The SMILES string of the molecule is O=C(O)c1c(Nc2cccc(Cl)c2)n[nH]c1-c1ccccc1. The summed E-state index contributed by atoms with van der Waals surface area (Å²) in [5.74, 6) is -0.814. The zero-order valence-corrected chi connectivity index (χ0v) is 12.1. The quantitative estimate of drug-likeness (QED) is 0.675. The van der Waals surface area contributed by atoms with Crippen molar-refractivity contribution in [2.24, 2.45) is 0 Å². The summed E-state index contributed by atoms with van der Waals surface area (Å²) in [6, 6.07) is 16.2. The van der Waals surface area contributed by atoms with Crippen LogP contribution < -0.4 is 5.32 Å². The Morgan fingerprint density at radius 1 is 1.14 bits per heavy atom. The predicted molar refractivity (Wildman–Crippen MR) is 85.7 cm³/mol. The van der Waals surface area contributed by atoms with E-state index in [-0.39, 0.29) is 11.4 Å². The van der Waals surface area contributed by atoms with Gasteiger partial charge in [0.25, 0.3) is 0 Å². The summed E-state index contributed by atoms with van der Waals surface area (Å²) in [6.07, 6.45) is 0. The first-order chi connectivity index (χ1) is 10.6. The number of halogens is 1. The van der Waals surface area contributed by atoms with E-state index >= 15 is 0 Å². The lowest BCUT2D eigenvalue weighted by molar-refractivity contribution is 0.0699. The van der Waals surface area contributed by atoms with Crippen LogP contribution in [0.5, 0.6) is 0 Å². The molecule has 2 aromatic carbocycles. The first-order valence-corrected chi connectivity index (χ1v) is 6.92. The molecule has 0 spiro atoms. The monoisotopic (exact) mass is 313 g/mol. The van der Waals surface area contributed by atoms with Crippen molar-refractivity contribution in [3.8, 4) is 11.3 Å². The molecule has 3 rings (SSSR count). The Balaban J connectivity index is 2.02. The molecule has 6 heteroatoms. The lowest BCUT2D eigenvalue weighted by Gasteiger charge is -2.05. The van der Waals surface area contributed by atoms with E-state index in [0.717, 1.165) is 5.56 Å². The van der Waals surface area contributed by atoms with Gasteiger partial charge in [-0.25, -0.2) is 4.79 Å². The highest BCUT2D eigenvalue weighted by Crippen LogP contribution is 2.29. The average molecular weight is 314 g/mol. The number of aromatic nitrogens is 2. The molecule has 0 atom stereocenters. The highest BCUT2D eigenvalue weighted by atomic mass is 35.5. The molecule has 0 fully saturated rings. The Bertz CT molecular complexity index is 815.